The van der Waals surface area contributed by atoms with Gasteiger partial charge in [-0.1, -0.05) is 0 Å². The molecular formula is C16H19N5O5. The summed E-state index contributed by atoms with van der Waals surface area (Å²) >= 11 is 0. The van der Waals surface area contributed by atoms with E-state index in [0.29, 0.717) is 11.4 Å². The van der Waals surface area contributed by atoms with Crippen molar-refractivity contribution < 1.29 is 24.1 Å². The summed E-state index contributed by atoms with van der Waals surface area (Å²) in [5.41, 5.74) is 0.600. The Hall–Kier alpha value is -2.69. The topological polar surface area (TPSA) is 120 Å². The third kappa shape index (κ3) is 3.09. The minimum atomic E-state index is -0.940. The van der Waals surface area contributed by atoms with Crippen LogP contribution in [0.4, 0.5) is 10.5 Å². The molecule has 2 aromatic rings. The number of nitrogens with zero attached hydrogens (tertiary/aromatic N) is 3. The number of benzene rings is 1. The molecule has 1 aromatic carbocycles. The van der Waals surface area contributed by atoms with Gasteiger partial charge >= 0.3 is 6.03 Å². The highest BCUT2D eigenvalue weighted by Crippen LogP contribution is 2.35. The number of aromatic nitrogens is 3. The van der Waals surface area contributed by atoms with E-state index in [1.807, 2.05) is 0 Å². The summed E-state index contributed by atoms with van der Waals surface area (Å²) < 4.78 is 17.9. The number of nitrogens with one attached hydrogen (secondary N) is 2. The highest BCUT2D eigenvalue weighted by Gasteiger charge is 2.51. The van der Waals surface area contributed by atoms with E-state index in [4.69, 9.17) is 14.2 Å². The number of amides is 2. The molecule has 2 bridgehead atoms. The Kier molecular flexibility index (Phi) is 4.45. The Balaban J connectivity index is 1.45. The Morgan fingerprint density at radius 2 is 2.19 bits per heavy atom. The number of aliphatic hydroxyl groups is 1. The smallest absolute Gasteiger partial charge is 0.319 e. The maximum Gasteiger partial charge on any atom is 0.319 e. The van der Waals surface area contributed by atoms with Crippen LogP contribution in [0.1, 0.15) is 6.04 Å². The highest BCUT2D eigenvalue weighted by molar-refractivity contribution is 5.89. The van der Waals surface area contributed by atoms with Crippen molar-refractivity contribution in [1.82, 2.24) is 20.1 Å². The summed E-state index contributed by atoms with van der Waals surface area (Å²) in [5, 5.41) is 20.3. The molecule has 1 aromatic heterocycles. The van der Waals surface area contributed by atoms with E-state index in [0.717, 1.165) is 0 Å². The molecule has 3 N–H and O–H groups in total. The fraction of sp³-hybridized carbons (Fsp3) is 0.438. The molecule has 0 radical (unpaired) electrons. The van der Waals surface area contributed by atoms with Crippen LogP contribution in [0.3, 0.4) is 0 Å². The van der Waals surface area contributed by atoms with Gasteiger partial charge in [-0.25, -0.2) is 14.5 Å². The quantitative estimate of drug-likeness (QED) is 0.708. The van der Waals surface area contributed by atoms with Crippen molar-refractivity contribution in [2.45, 2.75) is 30.6 Å². The third-order valence-electron chi connectivity index (χ3n) is 4.52. The van der Waals surface area contributed by atoms with Crippen LogP contribution >= 0.6 is 0 Å². The lowest BCUT2D eigenvalue weighted by molar-refractivity contribution is -0.166. The molecule has 2 saturated heterocycles. The first kappa shape index (κ1) is 16.8. The van der Waals surface area contributed by atoms with Crippen LogP contribution in [-0.2, 0) is 9.47 Å². The maximum atomic E-state index is 12.4. The highest BCUT2D eigenvalue weighted by atomic mass is 16.7. The van der Waals surface area contributed by atoms with Crippen molar-refractivity contribution in [2.24, 2.45) is 0 Å². The summed E-state index contributed by atoms with van der Waals surface area (Å²) in [6.07, 6.45) is 0.848. The van der Waals surface area contributed by atoms with Gasteiger partial charge in [0, 0.05) is 5.69 Å². The van der Waals surface area contributed by atoms with Crippen LogP contribution in [0.25, 0.3) is 0 Å². The lowest BCUT2D eigenvalue weighted by atomic mass is 9.96. The van der Waals surface area contributed by atoms with E-state index in [9.17, 15) is 9.90 Å². The molecule has 0 spiro atoms. The van der Waals surface area contributed by atoms with Gasteiger partial charge in [0.2, 0.25) is 0 Å². The molecule has 0 aliphatic carbocycles. The van der Waals surface area contributed by atoms with E-state index in [2.05, 4.69) is 20.7 Å². The Bertz CT molecular complexity index is 753. The van der Waals surface area contributed by atoms with E-state index >= 15 is 0 Å². The van der Waals surface area contributed by atoms with E-state index in [1.54, 1.807) is 31.4 Å². The molecular weight excluding hydrogens is 342 g/mol. The maximum absolute atomic E-state index is 12.4. The average Bonchev–Trinajstić information content (AvgIpc) is 3.31. The van der Waals surface area contributed by atoms with Crippen molar-refractivity contribution in [2.75, 3.05) is 19.0 Å². The monoisotopic (exact) mass is 361 g/mol. The number of hydrogen-bond acceptors (Lipinski definition) is 7. The van der Waals surface area contributed by atoms with Gasteiger partial charge in [-0.3, -0.25) is 0 Å². The second-order valence-corrected chi connectivity index (χ2v) is 6.09. The number of fused-ring (bicyclic) bond motifs is 2. The van der Waals surface area contributed by atoms with Gasteiger partial charge in [0.25, 0.3) is 0 Å². The summed E-state index contributed by atoms with van der Waals surface area (Å²) in [7, 11) is 1.57. The largest absolute Gasteiger partial charge is 0.497 e. The molecule has 4 rings (SSSR count). The lowest BCUT2D eigenvalue weighted by Gasteiger charge is -2.38. The first-order valence-corrected chi connectivity index (χ1v) is 8.16. The van der Waals surface area contributed by atoms with Crippen molar-refractivity contribution >= 4 is 11.7 Å². The Morgan fingerprint density at radius 3 is 2.88 bits per heavy atom. The normalized spacial score (nSPS) is 30.0. The number of carbonyl (C=O) groups is 1. The van der Waals surface area contributed by atoms with E-state index in [1.165, 1.54) is 17.3 Å². The molecule has 0 unspecified atom stereocenters. The zero-order valence-electron chi connectivity index (χ0n) is 14.0. The third-order valence-corrected chi connectivity index (χ3v) is 4.52. The number of rotatable bonds is 4. The summed E-state index contributed by atoms with van der Waals surface area (Å²) in [6.45, 7) is 0.278. The van der Waals surface area contributed by atoms with Gasteiger partial charge in [-0.15, -0.1) is 0 Å². The summed E-state index contributed by atoms with van der Waals surface area (Å²) in [5.74, 6) is 0.692. The van der Waals surface area contributed by atoms with Crippen molar-refractivity contribution in [3.05, 3.63) is 36.9 Å². The fourth-order valence-electron chi connectivity index (χ4n) is 3.23. The lowest BCUT2D eigenvalue weighted by Crippen LogP contribution is -2.59. The predicted octanol–water partition coefficient (Wildman–Crippen LogP) is 0.134. The Morgan fingerprint density at radius 1 is 1.38 bits per heavy atom. The number of hydrogen-bond donors (Lipinski definition) is 3. The van der Waals surface area contributed by atoms with E-state index < -0.39 is 36.6 Å². The van der Waals surface area contributed by atoms with Gasteiger partial charge < -0.3 is 30.0 Å². The second kappa shape index (κ2) is 6.90. The molecule has 2 fully saturated rings. The number of aliphatic hydroxyl groups excluding tert-OH is 1. The van der Waals surface area contributed by atoms with Crippen LogP contribution in [-0.4, -0.2) is 64.2 Å². The first-order valence-electron chi connectivity index (χ1n) is 8.16. The predicted molar refractivity (Wildman–Crippen MR) is 88.6 cm³/mol. The van der Waals surface area contributed by atoms with Crippen molar-refractivity contribution in [3.63, 3.8) is 0 Å². The summed E-state index contributed by atoms with van der Waals surface area (Å²) in [6, 6.07) is 5.22. The van der Waals surface area contributed by atoms with Crippen LogP contribution in [0.2, 0.25) is 0 Å². The van der Waals surface area contributed by atoms with E-state index in [-0.39, 0.29) is 6.61 Å². The van der Waals surface area contributed by atoms with Crippen LogP contribution in [0.15, 0.2) is 36.9 Å². The standard InChI is InChI=1S/C16H19N5O5/c1-24-10-4-2-9(3-5-10)19-16(23)20-12-11-6-25-15(26-11)13(14(12)22)21-8-17-7-18-21/h2-5,7-8,11-15,22H,6H2,1H3,(H2,19,20,23)/t11-,12-,13-,14+,15-/m1/s1. The van der Waals surface area contributed by atoms with Gasteiger partial charge in [-0.05, 0) is 24.3 Å². The van der Waals surface area contributed by atoms with Gasteiger partial charge in [0.05, 0.1) is 19.8 Å². The second-order valence-electron chi connectivity index (χ2n) is 6.09. The number of carbonyl (C=O) groups excluding carboxylic acids is 1. The molecule has 2 amide bonds. The van der Waals surface area contributed by atoms with Gasteiger partial charge in [0.15, 0.2) is 6.29 Å². The van der Waals surface area contributed by atoms with Crippen LogP contribution in [0.5, 0.6) is 5.75 Å². The molecule has 26 heavy (non-hydrogen) atoms. The van der Waals surface area contributed by atoms with Crippen molar-refractivity contribution in [3.8, 4) is 5.75 Å². The van der Waals surface area contributed by atoms with Gasteiger partial charge in [-0.2, -0.15) is 5.10 Å². The number of methoxy groups -OCH3 is 1. The van der Waals surface area contributed by atoms with Crippen molar-refractivity contribution in [1.29, 1.82) is 0 Å². The first-order chi connectivity index (χ1) is 12.7. The molecule has 2 aliphatic heterocycles. The number of ether oxygens (including phenoxy) is 3. The molecule has 3 heterocycles. The number of urea groups is 1. The molecule has 2 aliphatic rings. The molecule has 0 saturated carbocycles. The zero-order valence-corrected chi connectivity index (χ0v) is 14.0. The number of anilines is 1. The zero-order chi connectivity index (χ0) is 18.1. The molecule has 10 heteroatoms. The molecule has 138 valence electrons. The minimum Gasteiger partial charge on any atom is -0.497 e. The van der Waals surface area contributed by atoms with Crippen LogP contribution < -0.4 is 15.4 Å². The summed E-state index contributed by atoms with van der Waals surface area (Å²) in [4.78, 5) is 16.2. The van der Waals surface area contributed by atoms with Crippen LogP contribution in [0, 0.1) is 0 Å². The fourth-order valence-corrected chi connectivity index (χ4v) is 3.23. The average molecular weight is 361 g/mol. The molecule has 10 nitrogen and oxygen atoms in total. The SMILES string of the molecule is COc1ccc(NC(=O)N[C@H]2[C@H](O)[C@@H](n3cncn3)[C@@H]3OC[C@H]2O3)cc1. The molecule has 5 atom stereocenters. The Labute approximate surface area is 149 Å². The van der Waals surface area contributed by atoms with Gasteiger partial charge in [0.1, 0.15) is 36.7 Å². The minimum absolute atomic E-state index is 0.278.